The van der Waals surface area contributed by atoms with E-state index in [-0.39, 0.29) is 0 Å². The number of anilines is 2. The monoisotopic (exact) mass is 243 g/mol. The van der Waals surface area contributed by atoms with Crippen LogP contribution >= 0.6 is 0 Å². The normalized spacial score (nSPS) is 10.2. The molecule has 0 atom stereocenters. The minimum atomic E-state index is 0.692. The Morgan fingerprint density at radius 3 is 2.50 bits per heavy atom. The van der Waals surface area contributed by atoms with Crippen molar-refractivity contribution >= 4 is 11.8 Å². The van der Waals surface area contributed by atoms with E-state index < -0.39 is 0 Å². The highest BCUT2D eigenvalue weighted by Crippen LogP contribution is 2.13. The second-order valence-corrected chi connectivity index (χ2v) is 4.29. The van der Waals surface area contributed by atoms with Gasteiger partial charge in [-0.3, -0.25) is 4.98 Å². The fourth-order valence-corrected chi connectivity index (χ4v) is 1.58. The summed E-state index contributed by atoms with van der Waals surface area (Å²) in [5.41, 5.74) is 0.999. The van der Waals surface area contributed by atoms with Crippen LogP contribution in [-0.2, 0) is 6.54 Å². The summed E-state index contributed by atoms with van der Waals surface area (Å²) >= 11 is 0. The third-order valence-electron chi connectivity index (χ3n) is 2.55. The summed E-state index contributed by atoms with van der Waals surface area (Å²) in [6.45, 7) is 0.692. The van der Waals surface area contributed by atoms with Gasteiger partial charge in [-0.25, -0.2) is 4.98 Å². The molecule has 0 N–H and O–H groups in total. The van der Waals surface area contributed by atoms with E-state index in [0.29, 0.717) is 12.5 Å². The van der Waals surface area contributed by atoms with Gasteiger partial charge in [-0.1, -0.05) is 6.07 Å². The van der Waals surface area contributed by atoms with Gasteiger partial charge in [0.25, 0.3) is 0 Å². The third kappa shape index (κ3) is 2.94. The van der Waals surface area contributed by atoms with Crippen LogP contribution < -0.4 is 9.80 Å². The van der Waals surface area contributed by atoms with Crippen LogP contribution in [-0.4, -0.2) is 36.1 Å². The van der Waals surface area contributed by atoms with Crippen LogP contribution in [0.3, 0.4) is 0 Å². The van der Waals surface area contributed by atoms with Crippen LogP contribution in [0.2, 0.25) is 0 Å². The molecule has 0 saturated heterocycles. The lowest BCUT2D eigenvalue weighted by molar-refractivity contribution is 0.837. The predicted molar refractivity (Wildman–Crippen MR) is 72.7 cm³/mol. The van der Waals surface area contributed by atoms with Gasteiger partial charge < -0.3 is 9.80 Å². The molecule has 0 unspecified atom stereocenters. The maximum atomic E-state index is 4.48. The Balaban J connectivity index is 2.14. The first-order valence-electron chi connectivity index (χ1n) is 5.78. The van der Waals surface area contributed by atoms with Crippen molar-refractivity contribution in [2.24, 2.45) is 0 Å². The minimum absolute atomic E-state index is 0.692. The van der Waals surface area contributed by atoms with E-state index in [0.717, 1.165) is 11.5 Å². The van der Waals surface area contributed by atoms with Gasteiger partial charge >= 0.3 is 0 Å². The van der Waals surface area contributed by atoms with Crippen molar-refractivity contribution in [1.82, 2.24) is 15.0 Å². The van der Waals surface area contributed by atoms with Crippen molar-refractivity contribution < 1.29 is 0 Å². The molecule has 0 saturated carbocycles. The lowest BCUT2D eigenvalue weighted by Gasteiger charge is -2.18. The number of nitrogens with zero attached hydrogens (tertiary/aromatic N) is 5. The molecular formula is C13H17N5. The average molecular weight is 243 g/mol. The third-order valence-corrected chi connectivity index (χ3v) is 2.55. The smallest absolute Gasteiger partial charge is 0.227 e. The first-order chi connectivity index (χ1) is 8.66. The minimum Gasteiger partial charge on any atom is -0.363 e. The second kappa shape index (κ2) is 5.44. The molecule has 0 aliphatic heterocycles. The maximum absolute atomic E-state index is 4.48. The number of aromatic nitrogens is 3. The zero-order valence-electron chi connectivity index (χ0n) is 10.9. The second-order valence-electron chi connectivity index (χ2n) is 4.29. The average Bonchev–Trinajstić information content (AvgIpc) is 2.40. The molecular weight excluding hydrogens is 226 g/mol. The summed E-state index contributed by atoms with van der Waals surface area (Å²) in [6.07, 6.45) is 3.56. The fraction of sp³-hybridized carbons (Fsp3) is 0.308. The van der Waals surface area contributed by atoms with Crippen molar-refractivity contribution in [3.8, 4) is 0 Å². The van der Waals surface area contributed by atoms with Gasteiger partial charge in [0, 0.05) is 33.5 Å². The van der Waals surface area contributed by atoms with Crippen LogP contribution in [0.1, 0.15) is 5.69 Å². The first kappa shape index (κ1) is 12.3. The molecule has 5 heteroatoms. The Hall–Kier alpha value is -2.17. The van der Waals surface area contributed by atoms with Crippen molar-refractivity contribution in [1.29, 1.82) is 0 Å². The first-order valence-corrected chi connectivity index (χ1v) is 5.78. The largest absolute Gasteiger partial charge is 0.363 e. The highest BCUT2D eigenvalue weighted by Gasteiger charge is 2.07. The summed E-state index contributed by atoms with van der Waals surface area (Å²) in [4.78, 5) is 17.0. The molecule has 0 aliphatic rings. The molecule has 94 valence electrons. The molecule has 5 nitrogen and oxygen atoms in total. The molecule has 0 aromatic carbocycles. The Morgan fingerprint density at radius 2 is 1.83 bits per heavy atom. The molecule has 0 aliphatic carbocycles. The lowest BCUT2D eigenvalue weighted by Crippen LogP contribution is -2.21. The van der Waals surface area contributed by atoms with E-state index in [1.54, 1.807) is 12.4 Å². The van der Waals surface area contributed by atoms with E-state index in [4.69, 9.17) is 0 Å². The SMILES string of the molecule is CN(C)c1ccnc(N(C)Cc2ccccn2)n1. The summed E-state index contributed by atoms with van der Waals surface area (Å²) in [6, 6.07) is 7.77. The van der Waals surface area contributed by atoms with Crippen molar-refractivity contribution in [3.63, 3.8) is 0 Å². The molecule has 0 fully saturated rings. The molecule has 0 spiro atoms. The number of rotatable bonds is 4. The Kier molecular flexibility index (Phi) is 3.72. The van der Waals surface area contributed by atoms with E-state index in [1.165, 1.54) is 0 Å². The van der Waals surface area contributed by atoms with E-state index >= 15 is 0 Å². The van der Waals surface area contributed by atoms with Gasteiger partial charge in [-0.2, -0.15) is 4.98 Å². The zero-order valence-corrected chi connectivity index (χ0v) is 10.9. The molecule has 2 heterocycles. The van der Waals surface area contributed by atoms with Crippen LogP contribution in [0.5, 0.6) is 0 Å². The maximum Gasteiger partial charge on any atom is 0.227 e. The topological polar surface area (TPSA) is 45.2 Å². The Bertz CT molecular complexity index is 498. The van der Waals surface area contributed by atoms with Crippen molar-refractivity contribution in [2.45, 2.75) is 6.54 Å². The highest BCUT2D eigenvalue weighted by molar-refractivity contribution is 5.42. The van der Waals surface area contributed by atoms with Crippen molar-refractivity contribution in [3.05, 3.63) is 42.4 Å². The summed E-state index contributed by atoms with van der Waals surface area (Å²) in [5, 5.41) is 0. The fourth-order valence-electron chi connectivity index (χ4n) is 1.58. The van der Waals surface area contributed by atoms with Crippen LogP contribution in [0.4, 0.5) is 11.8 Å². The molecule has 2 aromatic rings. The number of hydrogen-bond acceptors (Lipinski definition) is 5. The lowest BCUT2D eigenvalue weighted by atomic mass is 10.3. The molecule has 0 amide bonds. The summed E-state index contributed by atoms with van der Waals surface area (Å²) < 4.78 is 0. The molecule has 2 aromatic heterocycles. The Morgan fingerprint density at radius 1 is 1.00 bits per heavy atom. The van der Waals surface area contributed by atoms with Gasteiger partial charge in [0.05, 0.1) is 12.2 Å². The highest BCUT2D eigenvalue weighted by atomic mass is 15.3. The quantitative estimate of drug-likeness (QED) is 0.815. The van der Waals surface area contributed by atoms with Crippen LogP contribution in [0.25, 0.3) is 0 Å². The van der Waals surface area contributed by atoms with Crippen molar-refractivity contribution in [2.75, 3.05) is 30.9 Å². The van der Waals surface area contributed by atoms with Gasteiger partial charge in [0.15, 0.2) is 0 Å². The summed E-state index contributed by atoms with van der Waals surface area (Å²) in [5.74, 6) is 1.60. The van der Waals surface area contributed by atoms with Gasteiger partial charge in [-0.05, 0) is 18.2 Å². The number of hydrogen-bond donors (Lipinski definition) is 0. The molecule has 2 rings (SSSR count). The van der Waals surface area contributed by atoms with Gasteiger partial charge in [0.2, 0.25) is 5.95 Å². The van der Waals surface area contributed by atoms with E-state index in [2.05, 4.69) is 15.0 Å². The Labute approximate surface area is 107 Å². The standard InChI is InChI=1S/C13H17N5/c1-17(2)12-7-9-15-13(16-12)18(3)10-11-6-4-5-8-14-11/h4-9H,10H2,1-3H3. The molecule has 0 bridgehead atoms. The predicted octanol–water partition coefficient (Wildman–Crippen LogP) is 1.57. The summed E-state index contributed by atoms with van der Waals surface area (Å²) in [7, 11) is 5.89. The van der Waals surface area contributed by atoms with Gasteiger partial charge in [0.1, 0.15) is 5.82 Å². The van der Waals surface area contributed by atoms with E-state index in [9.17, 15) is 0 Å². The molecule has 18 heavy (non-hydrogen) atoms. The van der Waals surface area contributed by atoms with Gasteiger partial charge in [-0.15, -0.1) is 0 Å². The van der Waals surface area contributed by atoms with Crippen LogP contribution in [0, 0.1) is 0 Å². The van der Waals surface area contributed by atoms with Crippen LogP contribution in [0.15, 0.2) is 36.7 Å². The van der Waals surface area contributed by atoms with E-state index in [1.807, 2.05) is 55.2 Å². The zero-order chi connectivity index (χ0) is 13.0. The molecule has 0 radical (unpaired) electrons. The number of pyridine rings is 1.